The summed E-state index contributed by atoms with van der Waals surface area (Å²) in [6.07, 6.45) is -56.0. The van der Waals surface area contributed by atoms with Crippen LogP contribution < -0.4 is 21.3 Å². The summed E-state index contributed by atoms with van der Waals surface area (Å²) >= 11 is 0. The molecule has 816 valence electrons. The lowest BCUT2D eigenvalue weighted by atomic mass is 9.86. The number of ether oxygens (including phenoxy) is 14. The normalized spacial score (nSPS) is 36.5. The number of hydrogen-bond acceptors (Lipinski definition) is 44. The molecule has 4 amide bonds. The molecule has 51 nitrogen and oxygen atoms in total. The van der Waals surface area contributed by atoms with Crippen LogP contribution in [0.3, 0.4) is 0 Å². The Morgan fingerprint density at radius 1 is 0.404 bits per heavy atom. The van der Waals surface area contributed by atoms with Gasteiger partial charge in [-0.1, -0.05) is 142 Å². The predicted molar refractivity (Wildman–Crippen MR) is 475 cm³/mol. The van der Waals surface area contributed by atoms with Crippen LogP contribution in [0.2, 0.25) is 0 Å². The van der Waals surface area contributed by atoms with Gasteiger partial charge in [0, 0.05) is 58.8 Å². The molecule has 0 aliphatic carbocycles. The minimum Gasteiger partial charge on any atom is -0.477 e. The maximum absolute atomic E-state index is 14.6. The van der Waals surface area contributed by atoms with E-state index < -0.39 is 369 Å². The van der Waals surface area contributed by atoms with Crippen LogP contribution in [0.25, 0.3) is 0 Å². The van der Waals surface area contributed by atoms with Crippen molar-refractivity contribution in [3.8, 4) is 0 Å². The van der Waals surface area contributed by atoms with Gasteiger partial charge >= 0.3 is 17.9 Å². The van der Waals surface area contributed by atoms with Crippen molar-refractivity contribution in [2.24, 2.45) is 5.92 Å². The summed E-state index contributed by atoms with van der Waals surface area (Å²) in [5, 5.41) is 296. The lowest BCUT2D eigenvalue weighted by Gasteiger charge is -2.53. The van der Waals surface area contributed by atoms with Gasteiger partial charge in [0.25, 0.3) is 17.4 Å². The van der Waals surface area contributed by atoms with Crippen molar-refractivity contribution in [1.82, 2.24) is 21.3 Å². The summed E-state index contributed by atoms with van der Waals surface area (Å²) in [7, 11) is 0. The van der Waals surface area contributed by atoms with Gasteiger partial charge in [-0.15, -0.1) is 0 Å². The fourth-order valence-corrected chi connectivity index (χ4v) is 18.7. The number of aliphatic carboxylic acids is 3. The van der Waals surface area contributed by atoms with Crippen molar-refractivity contribution >= 4 is 47.3 Å². The SMILES string of the molecule is CCCCCCCCCCCCC/C=C/[C@@H](O)[C@H](CO[C@@H]1O[C@H](CO)[C@@H](O[C@@H]2O[C@H](CO)[C@H](O[C@@H]3O[C@H](CO)[C@H](O)[C@H](O[C@@H]4O[C@H](CO)[C@H](O)[C@H](O[C@]5(C(=O)O)C[C@H](O)[C@@H](NC(C)=O)C([C@H](O)[C@H](O)CO)O5)[C@H]4O)[C@H]3CC(C)=O)[C@H](O[C@]3(C(=O)O)C[C@H](O)[C@@H](NC(C)=O)C([C@H](O)[C@@H](CO)O[C@]4(C(=O)O)C[C@H](O)[C@@H](NC(C)=O)C([C@H](O)[C@H](O)CO)O4)O3)[C@H]2O)[C@H](O)[C@H]1O)NC(=O)CCCCCCCCCCC. The number of hydrogen-bond donors (Lipinski definition) is 29. The summed E-state index contributed by atoms with van der Waals surface area (Å²) < 4.78 is 84.7. The molecule has 51 heteroatoms. The highest BCUT2D eigenvalue weighted by Crippen LogP contribution is 2.46. The lowest BCUT2D eigenvalue weighted by Crippen LogP contribution is -2.72. The fraction of sp³-hybridized carbons (Fsp3) is 0.889. The van der Waals surface area contributed by atoms with E-state index in [1.165, 1.54) is 31.8 Å². The van der Waals surface area contributed by atoms with Gasteiger partial charge in [0.15, 0.2) is 25.2 Å². The van der Waals surface area contributed by atoms with Crippen LogP contribution in [-0.4, -0.2) is 465 Å². The highest BCUT2D eigenvalue weighted by molar-refractivity contribution is 5.79. The molecule has 7 fully saturated rings. The van der Waals surface area contributed by atoms with Gasteiger partial charge in [-0.3, -0.25) is 19.2 Å². The van der Waals surface area contributed by atoms with Crippen LogP contribution in [0.1, 0.15) is 208 Å². The van der Waals surface area contributed by atoms with Crippen molar-refractivity contribution in [2.45, 2.75) is 446 Å². The second-order valence-corrected chi connectivity index (χ2v) is 37.4. The summed E-state index contributed by atoms with van der Waals surface area (Å²) in [5.74, 6) is -23.9. The molecule has 3 unspecified atom stereocenters. The molecule has 0 bridgehead atoms. The fourth-order valence-electron chi connectivity index (χ4n) is 18.7. The number of carboxylic acids is 3. The van der Waals surface area contributed by atoms with Crippen LogP contribution >= 0.6 is 0 Å². The first-order valence-corrected chi connectivity index (χ1v) is 48.6. The van der Waals surface area contributed by atoms with Crippen LogP contribution in [0.5, 0.6) is 0 Å². The molecular weight excluding hydrogens is 1890 g/mol. The maximum atomic E-state index is 14.6. The van der Waals surface area contributed by atoms with Crippen LogP contribution in [0.4, 0.5) is 0 Å². The Hall–Kier alpha value is -5.74. The van der Waals surface area contributed by atoms with E-state index in [1.807, 2.05) is 0 Å². The van der Waals surface area contributed by atoms with Crippen molar-refractivity contribution in [1.29, 1.82) is 0 Å². The molecule has 0 spiro atoms. The van der Waals surface area contributed by atoms with Gasteiger partial charge < -0.3 is 220 Å². The first-order chi connectivity index (χ1) is 66.9. The number of Topliss-reactive ketones (excluding diaryl/α,β-unsaturated/α-hetero) is 1. The largest absolute Gasteiger partial charge is 0.477 e. The maximum Gasteiger partial charge on any atom is 0.364 e. The van der Waals surface area contributed by atoms with Crippen molar-refractivity contribution in [3.05, 3.63) is 12.2 Å². The first kappa shape index (κ1) is 122. The molecule has 7 rings (SSSR count). The number of aliphatic hydroxyl groups excluding tert-OH is 22. The van der Waals surface area contributed by atoms with Crippen molar-refractivity contribution < 1.29 is 232 Å². The van der Waals surface area contributed by atoms with E-state index in [0.717, 1.165) is 124 Å². The Bertz CT molecular complexity index is 3800. The smallest absolute Gasteiger partial charge is 0.364 e. The predicted octanol–water partition coefficient (Wildman–Crippen LogP) is -7.94. The molecule has 0 aromatic rings. The highest BCUT2D eigenvalue weighted by atomic mass is 16.8. The second-order valence-electron chi connectivity index (χ2n) is 37.4. The Kier molecular flexibility index (Phi) is 51.0. The molecule has 7 aliphatic heterocycles. The Morgan fingerprint density at radius 3 is 1.21 bits per heavy atom. The topological polar surface area (TPSA) is 820 Å². The first-order valence-electron chi connectivity index (χ1n) is 48.6. The average Bonchev–Trinajstić information content (AvgIpc) is 0.749. The summed E-state index contributed by atoms with van der Waals surface area (Å²) in [6, 6.07) is -7.07. The number of unbranched alkanes of at least 4 members (excludes halogenated alkanes) is 19. The molecular formula is C90H154N4O47. The molecule has 7 heterocycles. The molecule has 141 heavy (non-hydrogen) atoms. The summed E-state index contributed by atoms with van der Waals surface area (Å²) in [4.78, 5) is 107. The number of carbonyl (C=O) groups excluding carboxylic acids is 5. The summed E-state index contributed by atoms with van der Waals surface area (Å²) in [6.45, 7) is -2.15. The number of carboxylic acid groups (broad SMARTS) is 3. The number of ketones is 1. The van der Waals surface area contributed by atoms with Crippen molar-refractivity contribution in [2.75, 3.05) is 52.9 Å². The highest BCUT2D eigenvalue weighted by Gasteiger charge is 2.66. The zero-order chi connectivity index (χ0) is 105. The minimum absolute atomic E-state index is 0.0465. The number of allylic oxidation sites excluding steroid dienone is 1. The van der Waals surface area contributed by atoms with E-state index in [2.05, 4.69) is 35.1 Å². The van der Waals surface area contributed by atoms with E-state index in [9.17, 15) is 166 Å². The monoisotopic (exact) mass is 2040 g/mol. The minimum atomic E-state index is -3.79. The van der Waals surface area contributed by atoms with Gasteiger partial charge in [0.1, 0.15) is 146 Å². The quantitative estimate of drug-likeness (QED) is 0.0199. The second kappa shape index (κ2) is 58.9. The molecule has 7 aliphatic rings. The van der Waals surface area contributed by atoms with Crippen LogP contribution in [0, 0.1) is 5.92 Å². The van der Waals surface area contributed by atoms with Gasteiger partial charge in [-0.05, 0) is 26.2 Å². The molecule has 0 aromatic carbocycles. The standard InChI is InChI=1S/C90H154N4O47/c1-7-9-11-13-15-17-18-19-20-22-23-25-27-29-49(106)48(94-60(112)30-28-26-24-21-16-14-12-10-8-2)42-128-82-70(119)69(118)74(58(40-100)131-82)134-84-72(121)80(141-90(87(126)127)34-52(109)63(93-46(6)105)78(139-90)68(117)57(39-99)136-88(85(122)123)32-50(107)61(91-44(4)103)76(137-88)64(113)53(110)35-95)75(59(41-101)132-84)135-81-47(31-43(3)102)73(66(115)55(37-97)129-81)133-83-71(120)79(67(116)56(38-98)130-83)140-89(86(124)125)33-51(108)62(92-45(5)104)77(138-89)65(114)54(111)36-96/h27,29,47-59,61-84,95-101,106-111,113-121H,7-26,28,30-42H2,1-6H3,(H,91,103)(H,92,104)(H,93,105)(H,94,112)(H,122,123)(H,124,125)(H,126,127)/b29-27+/t47-,48+,49-,50+,51+,52+,53-,54-,55-,56-,57-,58-,59-,61-,62-,63-,64-,65-,66+,67+,68-,69-,70-,71-,72-,73-,74-,75+,76?,77?,78?,79+,80-,81+,82-,83+,84+,88-,89+,90+/m1/s1. The van der Waals surface area contributed by atoms with Crippen LogP contribution in [-0.2, 0) is 105 Å². The Balaban J connectivity index is 1.29. The summed E-state index contributed by atoms with van der Waals surface area (Å²) in [5.41, 5.74) is 0. The van der Waals surface area contributed by atoms with E-state index in [1.54, 1.807) is 6.08 Å². The van der Waals surface area contributed by atoms with Gasteiger partial charge in [0.05, 0.1) is 108 Å². The third kappa shape index (κ3) is 33.1. The van der Waals surface area contributed by atoms with E-state index in [0.29, 0.717) is 12.8 Å². The number of carbonyl (C=O) groups is 8. The lowest BCUT2D eigenvalue weighted by molar-refractivity contribution is -0.409. The zero-order valence-corrected chi connectivity index (χ0v) is 80.2. The molecule has 7 saturated heterocycles. The van der Waals surface area contributed by atoms with Crippen LogP contribution in [0.15, 0.2) is 12.2 Å². The van der Waals surface area contributed by atoms with Gasteiger partial charge in [0.2, 0.25) is 23.6 Å². The Labute approximate surface area is 814 Å². The van der Waals surface area contributed by atoms with E-state index >= 15 is 0 Å². The number of amides is 4. The average molecular weight is 2040 g/mol. The molecule has 0 radical (unpaired) electrons. The third-order valence-corrected chi connectivity index (χ3v) is 26.4. The molecule has 0 saturated carbocycles. The zero-order valence-electron chi connectivity index (χ0n) is 80.2. The molecule has 40 atom stereocenters. The number of aliphatic hydroxyl groups is 22. The number of nitrogens with one attached hydrogen (secondary N) is 4. The number of rotatable bonds is 61. The Morgan fingerprint density at radius 2 is 0.780 bits per heavy atom. The van der Waals surface area contributed by atoms with Gasteiger partial charge in [-0.25, -0.2) is 14.4 Å². The third-order valence-electron chi connectivity index (χ3n) is 26.4. The van der Waals surface area contributed by atoms with Crippen molar-refractivity contribution in [3.63, 3.8) is 0 Å². The van der Waals surface area contributed by atoms with E-state index in [4.69, 9.17) is 66.3 Å². The van der Waals surface area contributed by atoms with E-state index in [-0.39, 0.29) is 6.42 Å². The molecule has 0 aromatic heterocycles. The van der Waals surface area contributed by atoms with Gasteiger partial charge in [-0.2, -0.15) is 0 Å². The molecule has 29 N–H and O–H groups in total.